The molecule has 0 unspecified atom stereocenters. The van der Waals surface area contributed by atoms with Crippen LogP contribution in [0.3, 0.4) is 0 Å². The van der Waals surface area contributed by atoms with Crippen molar-refractivity contribution in [1.82, 2.24) is 25.5 Å². The normalized spacial score (nSPS) is 17.7. The molecule has 0 atom stereocenters. The highest BCUT2D eigenvalue weighted by Crippen LogP contribution is 2.34. The van der Waals surface area contributed by atoms with Crippen LogP contribution in [-0.2, 0) is 0 Å². The van der Waals surface area contributed by atoms with Crippen LogP contribution in [0.25, 0.3) is 22.4 Å². The molecule has 0 spiro atoms. The third kappa shape index (κ3) is 5.14. The second-order valence-corrected chi connectivity index (χ2v) is 10.2. The number of rotatable bonds is 5. The molecule has 1 aliphatic heterocycles. The van der Waals surface area contributed by atoms with Crippen molar-refractivity contribution < 1.29 is 5.11 Å². The van der Waals surface area contributed by atoms with Crippen molar-refractivity contribution in [2.24, 2.45) is 10.9 Å². The van der Waals surface area contributed by atoms with Crippen LogP contribution in [0.1, 0.15) is 46.2 Å². The van der Waals surface area contributed by atoms with Crippen molar-refractivity contribution in [1.29, 1.82) is 0 Å². The Labute approximate surface area is 200 Å². The number of phenols is 1. The minimum absolute atomic E-state index is 0.0221. The summed E-state index contributed by atoms with van der Waals surface area (Å²) in [5.74, 6) is 5.89. The van der Waals surface area contributed by atoms with Gasteiger partial charge in [-0.05, 0) is 75.9 Å². The molecule has 34 heavy (non-hydrogen) atoms. The van der Waals surface area contributed by atoms with Gasteiger partial charge in [-0.1, -0.05) is 6.07 Å². The lowest BCUT2D eigenvalue weighted by molar-refractivity contribution is 0.160. The van der Waals surface area contributed by atoms with Gasteiger partial charge in [0.1, 0.15) is 11.4 Å². The summed E-state index contributed by atoms with van der Waals surface area (Å²) in [6.07, 6.45) is 6.77. The summed E-state index contributed by atoms with van der Waals surface area (Å²) in [6.45, 7) is 8.90. The molecule has 1 aliphatic rings. The molecule has 1 saturated heterocycles. The number of nitrogens with one attached hydrogen (secondary N) is 1. The molecule has 0 amide bonds. The van der Waals surface area contributed by atoms with E-state index in [0.29, 0.717) is 28.9 Å². The maximum atomic E-state index is 10.7. The number of pyridine rings is 1. The topological polar surface area (TPSA) is 125 Å². The van der Waals surface area contributed by atoms with Crippen LogP contribution in [0.2, 0.25) is 0 Å². The van der Waals surface area contributed by atoms with Crippen LogP contribution in [0.4, 0.5) is 5.95 Å². The highest BCUT2D eigenvalue weighted by Gasteiger charge is 2.39. The summed E-state index contributed by atoms with van der Waals surface area (Å²) in [6, 6.07) is 9.41. The zero-order chi connectivity index (χ0) is 24.5. The van der Waals surface area contributed by atoms with Crippen molar-refractivity contribution in [3.8, 4) is 28.1 Å². The van der Waals surface area contributed by atoms with E-state index in [1.165, 1.54) is 6.21 Å². The molecular weight excluding hydrogens is 428 g/mol. The van der Waals surface area contributed by atoms with Gasteiger partial charge in [0, 0.05) is 35.9 Å². The van der Waals surface area contributed by atoms with Crippen molar-refractivity contribution in [2.45, 2.75) is 57.7 Å². The molecule has 0 aliphatic carbocycles. The summed E-state index contributed by atoms with van der Waals surface area (Å²) in [7, 11) is 2.02. The van der Waals surface area contributed by atoms with Gasteiger partial charge in [0.2, 0.25) is 5.95 Å². The Kier molecular flexibility index (Phi) is 6.22. The van der Waals surface area contributed by atoms with Crippen molar-refractivity contribution >= 4 is 12.2 Å². The monoisotopic (exact) mass is 460 g/mol. The van der Waals surface area contributed by atoms with E-state index in [9.17, 15) is 5.11 Å². The van der Waals surface area contributed by atoms with Crippen LogP contribution >= 0.6 is 0 Å². The highest BCUT2D eigenvalue weighted by molar-refractivity contribution is 5.81. The molecule has 3 aromatic rings. The Morgan fingerprint density at radius 1 is 1.06 bits per heavy atom. The molecule has 1 aromatic carbocycles. The highest BCUT2D eigenvalue weighted by atomic mass is 16.3. The molecule has 178 valence electrons. The predicted molar refractivity (Wildman–Crippen MR) is 135 cm³/mol. The number of nitrogens with zero attached hydrogens (tertiary/aromatic N) is 6. The lowest BCUT2D eigenvalue weighted by Crippen LogP contribution is -2.62. The fourth-order valence-electron chi connectivity index (χ4n) is 4.96. The average Bonchev–Trinajstić information content (AvgIpc) is 2.77. The largest absolute Gasteiger partial charge is 0.507 e. The first kappa shape index (κ1) is 23.6. The van der Waals surface area contributed by atoms with Crippen LogP contribution in [0.15, 0.2) is 47.8 Å². The number of anilines is 1. The number of aromatic nitrogens is 4. The second kappa shape index (κ2) is 8.98. The molecular formula is C25H32N8O. The fourth-order valence-corrected chi connectivity index (χ4v) is 4.96. The second-order valence-electron chi connectivity index (χ2n) is 10.2. The van der Waals surface area contributed by atoms with Gasteiger partial charge in [-0.3, -0.25) is 4.98 Å². The van der Waals surface area contributed by atoms with E-state index in [4.69, 9.17) is 5.84 Å². The van der Waals surface area contributed by atoms with Crippen LogP contribution < -0.4 is 16.1 Å². The van der Waals surface area contributed by atoms with Gasteiger partial charge in [-0.15, -0.1) is 10.2 Å². The Balaban J connectivity index is 1.54. The van der Waals surface area contributed by atoms with Gasteiger partial charge < -0.3 is 21.2 Å². The van der Waals surface area contributed by atoms with E-state index in [1.54, 1.807) is 18.5 Å². The molecule has 1 fully saturated rings. The van der Waals surface area contributed by atoms with Gasteiger partial charge in [-0.2, -0.15) is 5.10 Å². The zero-order valence-electron chi connectivity index (χ0n) is 20.3. The molecule has 9 nitrogen and oxygen atoms in total. The molecule has 0 saturated carbocycles. The lowest BCUT2D eigenvalue weighted by atomic mass is 9.79. The number of phenolic OH excluding ortho intramolecular Hbond substituents is 1. The fraction of sp³-hybridized carbons (Fsp3) is 0.400. The maximum Gasteiger partial charge on any atom is 0.245 e. The third-order valence-electron chi connectivity index (χ3n) is 6.18. The first-order valence-electron chi connectivity index (χ1n) is 11.3. The number of piperidine rings is 1. The summed E-state index contributed by atoms with van der Waals surface area (Å²) in [4.78, 5) is 10.9. The van der Waals surface area contributed by atoms with E-state index < -0.39 is 0 Å². The average molecular weight is 461 g/mol. The first-order valence-corrected chi connectivity index (χ1v) is 11.3. The van der Waals surface area contributed by atoms with Crippen LogP contribution in [-0.4, -0.2) is 55.7 Å². The maximum absolute atomic E-state index is 10.7. The van der Waals surface area contributed by atoms with E-state index in [1.807, 2.05) is 31.3 Å². The van der Waals surface area contributed by atoms with Crippen molar-refractivity contribution in [3.63, 3.8) is 0 Å². The standard InChI is InChI=1S/C25H32N8O/c1-24(2)12-19(13-25(3,4)32-24)33(5)23-28-15-21(30-31-23)20-7-6-16(11-22(20)34)17-8-9-27-18(10-17)14-29-26/h6-11,14-15,19,32,34H,12-13,26H2,1-5H3/b29-14-. The number of nitrogens with two attached hydrogens (primary N) is 1. The number of hydrogen-bond donors (Lipinski definition) is 3. The first-order chi connectivity index (χ1) is 16.1. The Morgan fingerprint density at radius 3 is 2.38 bits per heavy atom. The smallest absolute Gasteiger partial charge is 0.245 e. The number of hydrazone groups is 1. The van der Waals surface area contributed by atoms with Crippen LogP contribution in [0.5, 0.6) is 5.75 Å². The van der Waals surface area contributed by atoms with E-state index in [2.05, 4.69) is 63.2 Å². The Hall–Kier alpha value is -3.59. The molecule has 4 N–H and O–H groups in total. The van der Waals surface area contributed by atoms with Crippen molar-refractivity contribution in [2.75, 3.05) is 11.9 Å². The van der Waals surface area contributed by atoms with Gasteiger partial charge in [0.15, 0.2) is 0 Å². The summed E-state index contributed by atoms with van der Waals surface area (Å²) < 4.78 is 0. The molecule has 0 bridgehead atoms. The van der Waals surface area contributed by atoms with Gasteiger partial charge in [-0.25, -0.2) is 4.98 Å². The van der Waals surface area contributed by atoms with Gasteiger partial charge in [0.25, 0.3) is 0 Å². The minimum atomic E-state index is 0.0221. The van der Waals surface area contributed by atoms with E-state index >= 15 is 0 Å². The molecule has 3 heterocycles. The van der Waals surface area contributed by atoms with Crippen LogP contribution in [0, 0.1) is 0 Å². The predicted octanol–water partition coefficient (Wildman–Crippen LogP) is 3.34. The zero-order valence-corrected chi connectivity index (χ0v) is 20.3. The van der Waals surface area contributed by atoms with Gasteiger partial charge in [0.05, 0.1) is 18.1 Å². The quantitative estimate of drug-likeness (QED) is 0.301. The summed E-state index contributed by atoms with van der Waals surface area (Å²) >= 11 is 0. The molecule has 9 heteroatoms. The minimum Gasteiger partial charge on any atom is -0.507 e. The molecule has 2 aromatic heterocycles. The SMILES string of the molecule is CN(c1ncc(-c2ccc(-c3ccnc(/C=N\N)c3)cc2O)nn1)C1CC(C)(C)NC(C)(C)C1. The van der Waals surface area contributed by atoms with Gasteiger partial charge >= 0.3 is 0 Å². The Morgan fingerprint density at radius 2 is 1.76 bits per heavy atom. The molecule has 4 rings (SSSR count). The summed E-state index contributed by atoms with van der Waals surface area (Å²) in [5.41, 5.74) is 3.49. The third-order valence-corrected chi connectivity index (χ3v) is 6.18. The number of hydrogen-bond acceptors (Lipinski definition) is 9. The molecule has 0 radical (unpaired) electrons. The Bertz CT molecular complexity index is 1170. The number of aromatic hydroxyl groups is 1. The lowest BCUT2D eigenvalue weighted by Gasteiger charge is -2.48. The number of benzene rings is 1. The van der Waals surface area contributed by atoms with E-state index in [-0.39, 0.29) is 16.8 Å². The van der Waals surface area contributed by atoms with Crippen molar-refractivity contribution in [3.05, 3.63) is 48.4 Å². The van der Waals surface area contributed by atoms with E-state index in [0.717, 1.165) is 24.0 Å². The summed E-state index contributed by atoms with van der Waals surface area (Å²) in [5, 5.41) is 26.7.